The molecule has 0 saturated heterocycles. The van der Waals surface area contributed by atoms with Gasteiger partial charge in [0.1, 0.15) is 4.90 Å². The van der Waals surface area contributed by atoms with E-state index in [-0.39, 0.29) is 10.6 Å². The molecule has 0 aromatic heterocycles. The van der Waals surface area contributed by atoms with Crippen molar-refractivity contribution < 1.29 is 13.2 Å². The van der Waals surface area contributed by atoms with Crippen molar-refractivity contribution in [2.24, 2.45) is 5.14 Å². The van der Waals surface area contributed by atoms with Crippen LogP contribution in [0.25, 0.3) is 0 Å². The number of nitrogens with zero attached hydrogens (tertiary/aromatic N) is 1. The van der Waals surface area contributed by atoms with E-state index in [1.807, 2.05) is 18.9 Å². The van der Waals surface area contributed by atoms with E-state index in [9.17, 15) is 8.42 Å². The quantitative estimate of drug-likeness (QED) is 0.577. The fraction of sp³-hybridized carbons (Fsp3) is 0.455. The lowest BCUT2D eigenvalue weighted by atomic mass is 10.2. The number of nitrogen functional groups attached to an aromatic ring is 1. The van der Waals surface area contributed by atoms with Crippen LogP contribution in [0.2, 0.25) is 0 Å². The largest absolute Gasteiger partial charge is 0.398 e. The van der Waals surface area contributed by atoms with Gasteiger partial charge in [-0.05, 0) is 25.1 Å². The summed E-state index contributed by atoms with van der Waals surface area (Å²) in [5.74, 6) is 0. The highest BCUT2D eigenvalue weighted by molar-refractivity contribution is 7.89. The topological polar surface area (TPSA) is 98.6 Å². The van der Waals surface area contributed by atoms with Gasteiger partial charge in [0.05, 0.1) is 12.3 Å². The number of hydrogen-bond acceptors (Lipinski definition) is 5. The van der Waals surface area contributed by atoms with Gasteiger partial charge in [-0.2, -0.15) is 0 Å². The molecule has 1 aromatic rings. The Labute approximate surface area is 108 Å². The molecule has 0 fully saturated rings. The summed E-state index contributed by atoms with van der Waals surface area (Å²) in [4.78, 5) is 1.88. The first-order chi connectivity index (χ1) is 8.36. The molecule has 0 heterocycles. The fourth-order valence-electron chi connectivity index (χ4n) is 1.51. The van der Waals surface area contributed by atoms with Crippen LogP contribution in [0, 0.1) is 0 Å². The number of likely N-dealkylation sites (N-methyl/N-ethyl adjacent to an activating group) is 1. The molecule has 4 N–H and O–H groups in total. The number of rotatable bonds is 6. The second kappa shape index (κ2) is 6.03. The summed E-state index contributed by atoms with van der Waals surface area (Å²) in [7, 11) is -1.89. The van der Waals surface area contributed by atoms with Crippen molar-refractivity contribution in [1.29, 1.82) is 0 Å². The van der Waals surface area contributed by atoms with Crippen LogP contribution in [0.4, 0.5) is 11.4 Å². The third kappa shape index (κ3) is 3.86. The van der Waals surface area contributed by atoms with Crippen LogP contribution in [0.3, 0.4) is 0 Å². The zero-order chi connectivity index (χ0) is 13.8. The van der Waals surface area contributed by atoms with Crippen LogP contribution in [0.15, 0.2) is 23.1 Å². The van der Waals surface area contributed by atoms with Crippen molar-refractivity contribution in [3.63, 3.8) is 0 Å². The molecule has 1 rings (SSSR count). The molecule has 0 unspecified atom stereocenters. The highest BCUT2D eigenvalue weighted by Crippen LogP contribution is 2.23. The molecule has 0 atom stereocenters. The number of sulfonamides is 1. The van der Waals surface area contributed by atoms with Gasteiger partial charge in [-0.15, -0.1) is 0 Å². The van der Waals surface area contributed by atoms with Gasteiger partial charge in [0.25, 0.3) is 0 Å². The van der Waals surface area contributed by atoms with Crippen LogP contribution in [-0.2, 0) is 14.8 Å². The molecule has 0 aliphatic rings. The van der Waals surface area contributed by atoms with E-state index in [2.05, 4.69) is 0 Å². The minimum Gasteiger partial charge on any atom is -0.398 e. The summed E-state index contributed by atoms with van der Waals surface area (Å²) in [6.07, 6.45) is 0. The number of anilines is 2. The van der Waals surface area contributed by atoms with Gasteiger partial charge in [0, 0.05) is 25.9 Å². The van der Waals surface area contributed by atoms with E-state index in [0.29, 0.717) is 19.8 Å². The summed E-state index contributed by atoms with van der Waals surface area (Å²) < 4.78 is 27.7. The number of benzene rings is 1. The minimum atomic E-state index is -3.77. The molecule has 0 aliphatic carbocycles. The molecule has 0 radical (unpaired) electrons. The van der Waals surface area contributed by atoms with E-state index in [1.165, 1.54) is 6.07 Å². The fourth-order valence-corrected chi connectivity index (χ4v) is 2.15. The lowest BCUT2D eigenvalue weighted by Crippen LogP contribution is -2.23. The molecule has 0 bridgehead atoms. The Kier molecular flexibility index (Phi) is 4.94. The van der Waals surface area contributed by atoms with Crippen molar-refractivity contribution in [3.05, 3.63) is 18.2 Å². The highest BCUT2D eigenvalue weighted by Gasteiger charge is 2.13. The van der Waals surface area contributed by atoms with E-state index in [1.54, 1.807) is 12.1 Å². The molecule has 0 aliphatic heterocycles. The van der Waals surface area contributed by atoms with Crippen molar-refractivity contribution in [3.8, 4) is 0 Å². The zero-order valence-electron chi connectivity index (χ0n) is 10.6. The predicted molar refractivity (Wildman–Crippen MR) is 72.0 cm³/mol. The summed E-state index contributed by atoms with van der Waals surface area (Å²) in [5.41, 5.74) is 6.65. The standard InChI is InChI=1S/C11H19N3O3S/c1-3-17-7-6-14(2)9-4-5-11(10(12)8-9)18(13,15)16/h4-5,8H,3,6-7,12H2,1-2H3,(H2,13,15,16). The van der Waals surface area contributed by atoms with Crippen molar-refractivity contribution in [2.75, 3.05) is 37.4 Å². The smallest absolute Gasteiger partial charge is 0.240 e. The summed E-state index contributed by atoms with van der Waals surface area (Å²) >= 11 is 0. The highest BCUT2D eigenvalue weighted by atomic mass is 32.2. The first-order valence-corrected chi connectivity index (χ1v) is 7.12. The molecule has 0 amide bonds. The second-order valence-corrected chi connectivity index (χ2v) is 5.42. The van der Waals surface area contributed by atoms with Crippen LogP contribution in [-0.4, -0.2) is 35.2 Å². The predicted octanol–water partition coefficient (Wildman–Crippen LogP) is 0.389. The Balaban J connectivity index is 2.84. The van der Waals surface area contributed by atoms with Gasteiger partial charge in [-0.3, -0.25) is 0 Å². The van der Waals surface area contributed by atoms with Crippen LogP contribution >= 0.6 is 0 Å². The van der Waals surface area contributed by atoms with Gasteiger partial charge >= 0.3 is 0 Å². The summed E-state index contributed by atoms with van der Waals surface area (Å²) in [6.45, 7) is 3.89. The van der Waals surface area contributed by atoms with Gasteiger partial charge < -0.3 is 15.4 Å². The number of nitrogens with two attached hydrogens (primary N) is 2. The zero-order valence-corrected chi connectivity index (χ0v) is 11.4. The van der Waals surface area contributed by atoms with E-state index in [0.717, 1.165) is 5.69 Å². The second-order valence-electron chi connectivity index (χ2n) is 3.89. The SMILES string of the molecule is CCOCCN(C)c1ccc(S(N)(=O)=O)c(N)c1. The Morgan fingerprint density at radius 2 is 2.06 bits per heavy atom. The molecular formula is C11H19N3O3S. The lowest BCUT2D eigenvalue weighted by Gasteiger charge is -2.20. The van der Waals surface area contributed by atoms with Crippen LogP contribution in [0.5, 0.6) is 0 Å². The van der Waals surface area contributed by atoms with Gasteiger partial charge in [0.15, 0.2) is 0 Å². The molecule has 18 heavy (non-hydrogen) atoms. The Bertz CT molecular complexity index is 502. The first kappa shape index (κ1) is 14.7. The number of primary sulfonamides is 1. The monoisotopic (exact) mass is 273 g/mol. The molecule has 6 nitrogen and oxygen atoms in total. The van der Waals surface area contributed by atoms with Crippen molar-refractivity contribution in [2.45, 2.75) is 11.8 Å². The maximum absolute atomic E-state index is 11.2. The molecular weight excluding hydrogens is 254 g/mol. The third-order valence-corrected chi connectivity index (χ3v) is 3.50. The first-order valence-electron chi connectivity index (χ1n) is 5.57. The third-order valence-electron chi connectivity index (χ3n) is 2.52. The normalized spacial score (nSPS) is 11.5. The molecule has 7 heteroatoms. The summed E-state index contributed by atoms with van der Waals surface area (Å²) in [5, 5.41) is 5.04. The lowest BCUT2D eigenvalue weighted by molar-refractivity contribution is 0.154. The maximum atomic E-state index is 11.2. The van der Waals surface area contributed by atoms with E-state index >= 15 is 0 Å². The van der Waals surface area contributed by atoms with E-state index < -0.39 is 10.0 Å². The molecule has 102 valence electrons. The van der Waals surface area contributed by atoms with Crippen LogP contribution < -0.4 is 15.8 Å². The Morgan fingerprint density at radius 1 is 1.39 bits per heavy atom. The Hall–Kier alpha value is -1.31. The maximum Gasteiger partial charge on any atom is 0.240 e. The Morgan fingerprint density at radius 3 is 2.56 bits per heavy atom. The summed E-state index contributed by atoms with van der Waals surface area (Å²) in [6, 6.07) is 4.67. The molecule has 0 saturated carbocycles. The van der Waals surface area contributed by atoms with Gasteiger partial charge in [0.2, 0.25) is 10.0 Å². The van der Waals surface area contributed by atoms with Gasteiger partial charge in [-0.25, -0.2) is 13.6 Å². The van der Waals surface area contributed by atoms with Crippen LogP contribution in [0.1, 0.15) is 6.92 Å². The average Bonchev–Trinajstić information content (AvgIpc) is 2.27. The molecule has 0 spiro atoms. The van der Waals surface area contributed by atoms with Gasteiger partial charge in [-0.1, -0.05) is 0 Å². The average molecular weight is 273 g/mol. The van der Waals surface area contributed by atoms with E-state index in [4.69, 9.17) is 15.6 Å². The number of hydrogen-bond donors (Lipinski definition) is 2. The van der Waals surface area contributed by atoms with Crippen molar-refractivity contribution >= 4 is 21.4 Å². The molecule has 1 aromatic carbocycles. The van der Waals surface area contributed by atoms with Crippen molar-refractivity contribution in [1.82, 2.24) is 0 Å². The number of ether oxygens (including phenoxy) is 1. The minimum absolute atomic E-state index is 0.0514.